The molecule has 2 atom stereocenters. The predicted octanol–water partition coefficient (Wildman–Crippen LogP) is 1.60. The van der Waals surface area contributed by atoms with Crippen LogP contribution >= 0.6 is 0 Å². The molecule has 0 bridgehead atoms. The second-order valence-electron chi connectivity index (χ2n) is 3.87. The molecular formula is C11H15BO2. The summed E-state index contributed by atoms with van der Waals surface area (Å²) in [5.41, 5.74) is 1.10. The fraction of sp³-hybridized carbons (Fsp3) is 0.455. The quantitative estimate of drug-likeness (QED) is 0.626. The molecule has 0 N–H and O–H groups in total. The van der Waals surface area contributed by atoms with Gasteiger partial charge >= 0.3 is 7.12 Å². The maximum absolute atomic E-state index is 5.72. The summed E-state index contributed by atoms with van der Waals surface area (Å²) in [5, 5.41) is 0. The van der Waals surface area contributed by atoms with Crippen LogP contribution in [0.1, 0.15) is 20.3 Å². The van der Waals surface area contributed by atoms with Gasteiger partial charge in [0.25, 0.3) is 0 Å². The van der Waals surface area contributed by atoms with Crippen molar-refractivity contribution >= 4 is 12.6 Å². The zero-order chi connectivity index (χ0) is 9.97. The molecule has 14 heavy (non-hydrogen) atoms. The second kappa shape index (κ2) is 4.15. The largest absolute Gasteiger partial charge is 0.494 e. The summed E-state index contributed by atoms with van der Waals surface area (Å²) in [7, 11) is -0.185. The van der Waals surface area contributed by atoms with E-state index in [-0.39, 0.29) is 19.3 Å². The van der Waals surface area contributed by atoms with Gasteiger partial charge in [-0.2, -0.15) is 0 Å². The lowest BCUT2D eigenvalue weighted by molar-refractivity contribution is 0.0403. The molecule has 1 saturated heterocycles. The standard InChI is InChI=1S/C11H15BO2/c1-9-8-10(2)14-12(13-9)11-6-4-3-5-7-11/h3-7,9-10H,8H2,1-2H3/t9-,10-/m1/s1. The minimum atomic E-state index is -0.185. The summed E-state index contributed by atoms with van der Waals surface area (Å²) in [6, 6.07) is 10.1. The molecule has 0 radical (unpaired) electrons. The third-order valence-corrected chi connectivity index (χ3v) is 2.45. The highest BCUT2D eigenvalue weighted by atomic mass is 16.6. The van der Waals surface area contributed by atoms with E-state index in [0.29, 0.717) is 0 Å². The Hall–Kier alpha value is -0.795. The minimum Gasteiger partial charge on any atom is -0.405 e. The predicted molar refractivity (Wildman–Crippen MR) is 57.5 cm³/mol. The summed E-state index contributed by atoms with van der Waals surface area (Å²) in [6.07, 6.45) is 1.54. The molecule has 0 unspecified atom stereocenters. The van der Waals surface area contributed by atoms with Crippen LogP contribution in [0.15, 0.2) is 30.3 Å². The molecule has 0 aromatic heterocycles. The lowest BCUT2D eigenvalue weighted by atomic mass is 9.77. The van der Waals surface area contributed by atoms with E-state index in [1.54, 1.807) is 0 Å². The average molecular weight is 190 g/mol. The van der Waals surface area contributed by atoms with E-state index in [9.17, 15) is 0 Å². The van der Waals surface area contributed by atoms with Crippen molar-refractivity contribution in [3.05, 3.63) is 30.3 Å². The van der Waals surface area contributed by atoms with E-state index in [0.717, 1.165) is 11.9 Å². The van der Waals surface area contributed by atoms with E-state index in [1.165, 1.54) is 0 Å². The van der Waals surface area contributed by atoms with Gasteiger partial charge in [-0.3, -0.25) is 0 Å². The molecule has 0 spiro atoms. The fourth-order valence-electron chi connectivity index (χ4n) is 1.80. The second-order valence-corrected chi connectivity index (χ2v) is 3.87. The van der Waals surface area contributed by atoms with E-state index in [1.807, 2.05) is 30.3 Å². The summed E-state index contributed by atoms with van der Waals surface area (Å²) < 4.78 is 11.4. The highest BCUT2D eigenvalue weighted by molar-refractivity contribution is 6.61. The zero-order valence-corrected chi connectivity index (χ0v) is 8.64. The van der Waals surface area contributed by atoms with Gasteiger partial charge in [-0.1, -0.05) is 30.3 Å². The molecule has 3 heteroatoms. The molecule has 1 fully saturated rings. The van der Waals surface area contributed by atoms with Crippen molar-refractivity contribution in [3.63, 3.8) is 0 Å². The third kappa shape index (κ3) is 2.17. The van der Waals surface area contributed by atoms with Crippen LogP contribution in [0.3, 0.4) is 0 Å². The number of benzene rings is 1. The van der Waals surface area contributed by atoms with Gasteiger partial charge in [-0.05, 0) is 25.7 Å². The zero-order valence-electron chi connectivity index (χ0n) is 8.64. The van der Waals surface area contributed by atoms with Crippen LogP contribution < -0.4 is 5.46 Å². The summed E-state index contributed by atoms with van der Waals surface area (Å²) in [4.78, 5) is 0. The first-order chi connectivity index (χ1) is 6.75. The smallest absolute Gasteiger partial charge is 0.405 e. The van der Waals surface area contributed by atoms with E-state index in [4.69, 9.17) is 9.31 Å². The van der Waals surface area contributed by atoms with Crippen molar-refractivity contribution in [2.75, 3.05) is 0 Å². The van der Waals surface area contributed by atoms with E-state index >= 15 is 0 Å². The maximum atomic E-state index is 5.72. The van der Waals surface area contributed by atoms with Crippen molar-refractivity contribution in [2.24, 2.45) is 0 Å². The summed E-state index contributed by atoms with van der Waals surface area (Å²) in [5.74, 6) is 0. The van der Waals surface area contributed by atoms with Crippen molar-refractivity contribution < 1.29 is 9.31 Å². The molecule has 0 saturated carbocycles. The molecule has 1 aliphatic heterocycles. The molecule has 2 rings (SSSR count). The van der Waals surface area contributed by atoms with Crippen molar-refractivity contribution in [2.45, 2.75) is 32.5 Å². The van der Waals surface area contributed by atoms with Crippen LogP contribution in [0.5, 0.6) is 0 Å². The van der Waals surface area contributed by atoms with Crippen LogP contribution in [0, 0.1) is 0 Å². The minimum absolute atomic E-state index is 0.185. The first-order valence-corrected chi connectivity index (χ1v) is 5.11. The number of rotatable bonds is 1. The van der Waals surface area contributed by atoms with Crippen LogP contribution in [0.4, 0.5) is 0 Å². The van der Waals surface area contributed by atoms with Gasteiger partial charge < -0.3 is 9.31 Å². The molecule has 74 valence electrons. The maximum Gasteiger partial charge on any atom is 0.494 e. The molecule has 1 aromatic rings. The van der Waals surface area contributed by atoms with Gasteiger partial charge in [0, 0.05) is 12.2 Å². The Morgan fingerprint density at radius 2 is 1.64 bits per heavy atom. The topological polar surface area (TPSA) is 18.5 Å². The molecule has 0 aliphatic carbocycles. The normalized spacial score (nSPS) is 27.7. The van der Waals surface area contributed by atoms with Gasteiger partial charge in [0.05, 0.1) is 0 Å². The first kappa shape index (κ1) is 9.75. The monoisotopic (exact) mass is 190 g/mol. The van der Waals surface area contributed by atoms with Gasteiger partial charge in [0.2, 0.25) is 0 Å². The Balaban J connectivity index is 2.11. The van der Waals surface area contributed by atoms with Gasteiger partial charge in [0.1, 0.15) is 0 Å². The van der Waals surface area contributed by atoms with Gasteiger partial charge in [-0.25, -0.2) is 0 Å². The molecule has 1 aromatic carbocycles. The Kier molecular flexibility index (Phi) is 2.89. The molecule has 1 aliphatic rings. The Labute approximate surface area is 85.4 Å². The lowest BCUT2D eigenvalue weighted by Crippen LogP contribution is -2.46. The van der Waals surface area contributed by atoms with Crippen molar-refractivity contribution in [1.29, 1.82) is 0 Å². The van der Waals surface area contributed by atoms with E-state index < -0.39 is 0 Å². The Morgan fingerprint density at radius 3 is 2.21 bits per heavy atom. The number of hydrogen-bond acceptors (Lipinski definition) is 2. The van der Waals surface area contributed by atoms with Crippen molar-refractivity contribution in [3.8, 4) is 0 Å². The third-order valence-electron chi connectivity index (χ3n) is 2.45. The fourth-order valence-corrected chi connectivity index (χ4v) is 1.80. The number of hydrogen-bond donors (Lipinski definition) is 0. The van der Waals surface area contributed by atoms with Crippen LogP contribution in [0.2, 0.25) is 0 Å². The SMILES string of the molecule is C[C@@H]1C[C@@H](C)OB(c2ccccc2)O1. The van der Waals surface area contributed by atoms with Crippen LogP contribution in [0.25, 0.3) is 0 Å². The van der Waals surface area contributed by atoms with Crippen molar-refractivity contribution in [1.82, 2.24) is 0 Å². The Bertz CT molecular complexity index is 279. The van der Waals surface area contributed by atoms with Gasteiger partial charge in [0.15, 0.2) is 0 Å². The van der Waals surface area contributed by atoms with Gasteiger partial charge in [-0.15, -0.1) is 0 Å². The molecular weight excluding hydrogens is 175 g/mol. The Morgan fingerprint density at radius 1 is 1.07 bits per heavy atom. The molecule has 0 amide bonds. The summed E-state index contributed by atoms with van der Waals surface area (Å²) in [6.45, 7) is 4.18. The highest BCUT2D eigenvalue weighted by Gasteiger charge is 2.31. The highest BCUT2D eigenvalue weighted by Crippen LogP contribution is 2.15. The average Bonchev–Trinajstić information content (AvgIpc) is 2.18. The molecule has 1 heterocycles. The van der Waals surface area contributed by atoms with E-state index in [2.05, 4.69) is 13.8 Å². The lowest BCUT2D eigenvalue weighted by Gasteiger charge is -2.30. The first-order valence-electron chi connectivity index (χ1n) is 5.11. The van der Waals surface area contributed by atoms with Crippen LogP contribution in [-0.4, -0.2) is 19.3 Å². The summed E-state index contributed by atoms with van der Waals surface area (Å²) >= 11 is 0. The molecule has 2 nitrogen and oxygen atoms in total. The van der Waals surface area contributed by atoms with Crippen LogP contribution in [-0.2, 0) is 9.31 Å².